The van der Waals surface area contributed by atoms with Crippen LogP contribution in [0.15, 0.2) is 29.1 Å². The number of benzene rings is 1. The molecule has 0 aliphatic carbocycles. The summed E-state index contributed by atoms with van der Waals surface area (Å²) in [5.74, 6) is -1.93. The monoisotopic (exact) mass is 469 g/mol. The lowest BCUT2D eigenvalue weighted by Gasteiger charge is -2.29. The van der Waals surface area contributed by atoms with Crippen molar-refractivity contribution in [3.63, 3.8) is 0 Å². The molecule has 0 radical (unpaired) electrons. The second-order valence-corrected chi connectivity index (χ2v) is 8.11. The van der Waals surface area contributed by atoms with E-state index in [1.54, 1.807) is 24.3 Å². The number of fused-ring (bicyclic) bond motifs is 1. The van der Waals surface area contributed by atoms with Crippen LogP contribution in [0.3, 0.4) is 0 Å². The Labute approximate surface area is 195 Å². The van der Waals surface area contributed by atoms with Crippen molar-refractivity contribution in [1.29, 1.82) is 0 Å². The Morgan fingerprint density at radius 3 is 2.65 bits per heavy atom. The van der Waals surface area contributed by atoms with Crippen LogP contribution in [-0.2, 0) is 19.1 Å². The highest BCUT2D eigenvalue weighted by molar-refractivity contribution is 6.04. The van der Waals surface area contributed by atoms with Crippen molar-refractivity contribution < 1.29 is 23.9 Å². The number of hydrogen-bond acceptors (Lipinski definition) is 8. The molecule has 4 rings (SSSR count). The fourth-order valence-corrected chi connectivity index (χ4v) is 3.82. The largest absolute Gasteiger partial charge is 0.462 e. The molecule has 3 heterocycles. The van der Waals surface area contributed by atoms with E-state index in [1.807, 2.05) is 11.8 Å². The highest BCUT2D eigenvalue weighted by Gasteiger charge is 2.35. The zero-order chi connectivity index (χ0) is 24.1. The number of esters is 1. The third-order valence-corrected chi connectivity index (χ3v) is 5.68. The van der Waals surface area contributed by atoms with Gasteiger partial charge in [0.2, 0.25) is 17.8 Å². The second-order valence-electron chi connectivity index (χ2n) is 8.11. The van der Waals surface area contributed by atoms with Gasteiger partial charge in [-0.2, -0.15) is 4.98 Å². The number of carbonyl (C=O) groups is 3. The van der Waals surface area contributed by atoms with Crippen molar-refractivity contribution in [2.24, 2.45) is 0 Å². The van der Waals surface area contributed by atoms with Crippen molar-refractivity contribution >= 4 is 35.2 Å². The summed E-state index contributed by atoms with van der Waals surface area (Å²) in [6.45, 7) is 4.49. The Balaban J connectivity index is 1.49. The first-order valence-electron chi connectivity index (χ1n) is 11.3. The maximum Gasteiger partial charge on any atom is 0.338 e. The topological polar surface area (TPSA) is 143 Å². The van der Waals surface area contributed by atoms with E-state index in [4.69, 9.17) is 9.47 Å². The normalized spacial score (nSPS) is 17.5. The molecule has 1 aromatic heterocycles. The Kier molecular flexibility index (Phi) is 7.21. The molecule has 1 unspecified atom stereocenters. The fraction of sp³-hybridized carbons (Fsp3) is 0.435. The minimum atomic E-state index is -1.00. The van der Waals surface area contributed by atoms with Gasteiger partial charge >= 0.3 is 5.97 Å². The summed E-state index contributed by atoms with van der Waals surface area (Å²) in [6.07, 6.45) is 1.54. The number of morpholine rings is 1. The summed E-state index contributed by atoms with van der Waals surface area (Å²) in [6, 6.07) is 6.24. The number of carbonyl (C=O) groups excluding carboxylic acids is 3. The molecule has 1 atom stereocenters. The maximum absolute atomic E-state index is 13.0. The van der Waals surface area contributed by atoms with Gasteiger partial charge in [-0.15, -0.1) is 0 Å². The van der Waals surface area contributed by atoms with Crippen LogP contribution < -0.4 is 21.1 Å². The molecule has 1 saturated heterocycles. The quantitative estimate of drug-likeness (QED) is 0.410. The van der Waals surface area contributed by atoms with Gasteiger partial charge in [0.25, 0.3) is 5.56 Å². The molecule has 2 aliphatic heterocycles. The standard InChI is InChI=1S/C23H27N5O6/c1-2-3-10-34-22(32)14-4-6-15(7-5-14)24-20(30)16-13-17(29)25-19-18(16)21(31)27-23(26-19)28-8-11-33-12-9-28/h4-7,16H,2-3,8-13H2,1H3,(H,24,30)(H2,25,26,27,29,31). The van der Waals surface area contributed by atoms with Crippen molar-refractivity contribution in [1.82, 2.24) is 9.97 Å². The molecule has 0 bridgehead atoms. The van der Waals surface area contributed by atoms with Crippen LogP contribution in [0.2, 0.25) is 0 Å². The van der Waals surface area contributed by atoms with Gasteiger partial charge < -0.3 is 25.0 Å². The smallest absolute Gasteiger partial charge is 0.338 e. The molecule has 34 heavy (non-hydrogen) atoms. The van der Waals surface area contributed by atoms with Crippen LogP contribution in [0.25, 0.3) is 0 Å². The van der Waals surface area contributed by atoms with Crippen molar-refractivity contribution in [3.8, 4) is 0 Å². The molecule has 2 aromatic rings. The first kappa shape index (κ1) is 23.4. The SMILES string of the molecule is CCCCOC(=O)c1ccc(NC(=O)C2CC(=O)Nc3nc(N4CCOCC4)[nH]c(=O)c32)cc1. The molecule has 11 heteroatoms. The lowest BCUT2D eigenvalue weighted by molar-refractivity contribution is -0.123. The number of nitrogens with zero attached hydrogens (tertiary/aromatic N) is 2. The van der Waals surface area contributed by atoms with Crippen LogP contribution in [0, 0.1) is 0 Å². The third kappa shape index (κ3) is 5.25. The number of ether oxygens (including phenoxy) is 2. The lowest BCUT2D eigenvalue weighted by Crippen LogP contribution is -2.41. The van der Waals surface area contributed by atoms with E-state index in [2.05, 4.69) is 20.6 Å². The van der Waals surface area contributed by atoms with Gasteiger partial charge in [0.1, 0.15) is 5.82 Å². The Hall–Kier alpha value is -3.73. The zero-order valence-corrected chi connectivity index (χ0v) is 18.9. The highest BCUT2D eigenvalue weighted by Crippen LogP contribution is 2.30. The minimum Gasteiger partial charge on any atom is -0.462 e. The first-order chi connectivity index (χ1) is 16.5. The average molecular weight is 469 g/mol. The van der Waals surface area contributed by atoms with E-state index in [0.717, 1.165) is 12.8 Å². The molecule has 180 valence electrons. The summed E-state index contributed by atoms with van der Waals surface area (Å²) in [4.78, 5) is 59.2. The van der Waals surface area contributed by atoms with Crippen LogP contribution in [0.5, 0.6) is 0 Å². The number of nitrogens with one attached hydrogen (secondary N) is 3. The second kappa shape index (κ2) is 10.5. The van der Waals surface area contributed by atoms with Gasteiger partial charge in [0.15, 0.2) is 0 Å². The molecule has 1 aromatic carbocycles. The Morgan fingerprint density at radius 2 is 1.94 bits per heavy atom. The summed E-state index contributed by atoms with van der Waals surface area (Å²) in [5.41, 5.74) is 0.437. The number of hydrogen-bond donors (Lipinski definition) is 3. The highest BCUT2D eigenvalue weighted by atomic mass is 16.5. The Bertz CT molecular complexity index is 1120. The van der Waals surface area contributed by atoms with Crippen LogP contribution in [0.1, 0.15) is 48.0 Å². The number of unbranched alkanes of at least 4 members (excludes halogenated alkanes) is 1. The van der Waals surface area contributed by atoms with E-state index in [0.29, 0.717) is 50.1 Å². The summed E-state index contributed by atoms with van der Waals surface area (Å²) >= 11 is 0. The molecule has 0 saturated carbocycles. The van der Waals surface area contributed by atoms with E-state index in [9.17, 15) is 19.2 Å². The minimum absolute atomic E-state index is 0.0896. The van der Waals surface area contributed by atoms with Gasteiger partial charge in [-0.1, -0.05) is 13.3 Å². The van der Waals surface area contributed by atoms with E-state index >= 15 is 0 Å². The average Bonchev–Trinajstić information content (AvgIpc) is 2.84. The summed E-state index contributed by atoms with van der Waals surface area (Å²) < 4.78 is 10.5. The maximum atomic E-state index is 13.0. The molecule has 2 amide bonds. The summed E-state index contributed by atoms with van der Waals surface area (Å²) in [7, 11) is 0. The lowest BCUT2D eigenvalue weighted by atomic mass is 9.92. The van der Waals surface area contributed by atoms with Crippen molar-refractivity contribution in [3.05, 3.63) is 45.7 Å². The van der Waals surface area contributed by atoms with Gasteiger partial charge in [-0.05, 0) is 30.7 Å². The molecule has 2 aliphatic rings. The van der Waals surface area contributed by atoms with Gasteiger partial charge in [0, 0.05) is 25.2 Å². The van der Waals surface area contributed by atoms with Crippen molar-refractivity contribution in [2.75, 3.05) is 48.4 Å². The van der Waals surface area contributed by atoms with Gasteiger partial charge in [-0.3, -0.25) is 19.4 Å². The number of anilines is 3. The van der Waals surface area contributed by atoms with Gasteiger partial charge in [-0.25, -0.2) is 4.79 Å². The fourth-order valence-electron chi connectivity index (χ4n) is 3.82. The summed E-state index contributed by atoms with van der Waals surface area (Å²) in [5, 5.41) is 5.33. The molecule has 1 fully saturated rings. The van der Waals surface area contributed by atoms with E-state index in [1.165, 1.54) is 0 Å². The molecule has 11 nitrogen and oxygen atoms in total. The number of aromatic nitrogens is 2. The number of H-pyrrole nitrogens is 1. The van der Waals surface area contributed by atoms with Crippen molar-refractivity contribution in [2.45, 2.75) is 32.1 Å². The Morgan fingerprint density at radius 1 is 1.21 bits per heavy atom. The number of aromatic amines is 1. The zero-order valence-electron chi connectivity index (χ0n) is 18.9. The van der Waals surface area contributed by atoms with Crippen LogP contribution in [0.4, 0.5) is 17.5 Å². The third-order valence-electron chi connectivity index (χ3n) is 5.68. The first-order valence-corrected chi connectivity index (χ1v) is 11.3. The molecule has 0 spiro atoms. The van der Waals surface area contributed by atoms with Gasteiger partial charge in [0.05, 0.1) is 36.9 Å². The van der Waals surface area contributed by atoms with E-state index < -0.39 is 29.3 Å². The molecular formula is C23H27N5O6. The predicted octanol–water partition coefficient (Wildman–Crippen LogP) is 1.63. The van der Waals surface area contributed by atoms with Crippen LogP contribution in [-0.4, -0.2) is 60.7 Å². The molecule has 3 N–H and O–H groups in total. The number of amides is 2. The van der Waals surface area contributed by atoms with E-state index in [-0.39, 0.29) is 17.8 Å². The predicted molar refractivity (Wildman–Crippen MR) is 124 cm³/mol. The molecular weight excluding hydrogens is 442 g/mol. The van der Waals surface area contributed by atoms with Crippen LogP contribution >= 0.6 is 0 Å². The number of rotatable bonds is 7.